The molecular weight excluding hydrogens is 466 g/mol. The molecule has 9 nitrogen and oxygen atoms in total. The number of ether oxygens (including phenoxy) is 1. The summed E-state index contributed by atoms with van der Waals surface area (Å²) in [4.78, 5) is 36.2. The highest BCUT2D eigenvalue weighted by Gasteiger charge is 2.26. The standard InChI is InChI=1S/C19H22ClN3O6S2/c1-4-23(5-2)31(27,28)12-6-7-15(20)14(10-12)19(26)29-11(3)17(25)22-18-13(16(21)24)8-9-30-18/h6-11H,4-5H2,1-3H3,(H2,21,24)(H,22,25)/t11-/m0/s1. The molecule has 0 aliphatic rings. The van der Waals surface area contributed by atoms with E-state index in [1.54, 1.807) is 19.2 Å². The Labute approximate surface area is 189 Å². The number of halogens is 1. The van der Waals surface area contributed by atoms with Crippen LogP contribution < -0.4 is 11.1 Å². The lowest BCUT2D eigenvalue weighted by Gasteiger charge is -2.19. The van der Waals surface area contributed by atoms with E-state index >= 15 is 0 Å². The van der Waals surface area contributed by atoms with Crippen molar-refractivity contribution in [2.75, 3.05) is 18.4 Å². The van der Waals surface area contributed by atoms with Gasteiger partial charge in [-0.15, -0.1) is 11.3 Å². The van der Waals surface area contributed by atoms with Gasteiger partial charge in [0.15, 0.2) is 6.10 Å². The highest BCUT2D eigenvalue weighted by atomic mass is 35.5. The monoisotopic (exact) mass is 487 g/mol. The average Bonchev–Trinajstić information content (AvgIpc) is 3.17. The summed E-state index contributed by atoms with van der Waals surface area (Å²) < 4.78 is 31.8. The van der Waals surface area contributed by atoms with Crippen LogP contribution in [0.5, 0.6) is 0 Å². The SMILES string of the molecule is CCN(CC)S(=O)(=O)c1ccc(Cl)c(C(=O)O[C@@H](C)C(=O)Nc2sccc2C(N)=O)c1. The molecule has 1 heterocycles. The van der Waals surface area contributed by atoms with Gasteiger partial charge in [0.05, 0.1) is 21.0 Å². The Morgan fingerprint density at radius 2 is 1.84 bits per heavy atom. The first-order valence-electron chi connectivity index (χ1n) is 9.21. The smallest absolute Gasteiger partial charge is 0.340 e. The highest BCUT2D eigenvalue weighted by Crippen LogP contribution is 2.25. The molecule has 2 aromatic rings. The summed E-state index contributed by atoms with van der Waals surface area (Å²) in [6.45, 7) is 5.24. The van der Waals surface area contributed by atoms with Crippen molar-refractivity contribution in [1.29, 1.82) is 0 Å². The first-order chi connectivity index (χ1) is 14.5. The molecule has 31 heavy (non-hydrogen) atoms. The number of thiophene rings is 1. The van der Waals surface area contributed by atoms with E-state index in [0.29, 0.717) is 0 Å². The van der Waals surface area contributed by atoms with Gasteiger partial charge in [-0.25, -0.2) is 13.2 Å². The Bertz CT molecular complexity index is 1100. The number of carbonyl (C=O) groups is 3. The molecule has 1 aromatic heterocycles. The van der Waals surface area contributed by atoms with E-state index in [1.165, 1.54) is 29.4 Å². The van der Waals surface area contributed by atoms with E-state index in [1.807, 2.05) is 0 Å². The third-order valence-corrected chi connectivity index (χ3v) is 7.53. The average molecular weight is 488 g/mol. The summed E-state index contributed by atoms with van der Waals surface area (Å²) in [7, 11) is -3.82. The Balaban J connectivity index is 2.20. The largest absolute Gasteiger partial charge is 0.449 e. The Morgan fingerprint density at radius 1 is 1.19 bits per heavy atom. The number of nitrogens with one attached hydrogen (secondary N) is 1. The molecule has 0 saturated carbocycles. The van der Waals surface area contributed by atoms with Gasteiger partial charge in [-0.3, -0.25) is 9.59 Å². The van der Waals surface area contributed by atoms with Crippen molar-refractivity contribution in [2.24, 2.45) is 5.73 Å². The zero-order valence-electron chi connectivity index (χ0n) is 17.0. The predicted molar refractivity (Wildman–Crippen MR) is 118 cm³/mol. The lowest BCUT2D eigenvalue weighted by Crippen LogP contribution is -2.31. The minimum Gasteiger partial charge on any atom is -0.449 e. The fourth-order valence-corrected chi connectivity index (χ4v) is 5.10. The summed E-state index contributed by atoms with van der Waals surface area (Å²) in [5.41, 5.74) is 5.18. The number of carbonyl (C=O) groups excluding carboxylic acids is 3. The maximum absolute atomic E-state index is 12.7. The molecule has 0 unspecified atom stereocenters. The zero-order valence-corrected chi connectivity index (χ0v) is 19.4. The second-order valence-corrected chi connectivity index (χ2v) is 9.56. The number of nitrogens with zero attached hydrogens (tertiary/aromatic N) is 1. The molecule has 0 fully saturated rings. The topological polar surface area (TPSA) is 136 Å². The molecule has 0 bridgehead atoms. The molecule has 0 aliphatic carbocycles. The van der Waals surface area contributed by atoms with Crippen molar-refractivity contribution < 1.29 is 27.5 Å². The third-order valence-electron chi connectivity index (χ3n) is 4.32. The fourth-order valence-electron chi connectivity index (χ4n) is 2.63. The second kappa shape index (κ2) is 10.2. The van der Waals surface area contributed by atoms with E-state index in [9.17, 15) is 22.8 Å². The highest BCUT2D eigenvalue weighted by molar-refractivity contribution is 7.89. The lowest BCUT2D eigenvalue weighted by molar-refractivity contribution is -0.123. The van der Waals surface area contributed by atoms with Crippen LogP contribution in [-0.4, -0.2) is 49.7 Å². The summed E-state index contributed by atoms with van der Waals surface area (Å²) in [5.74, 6) is -2.37. The molecule has 12 heteroatoms. The summed E-state index contributed by atoms with van der Waals surface area (Å²) in [6, 6.07) is 5.16. The lowest BCUT2D eigenvalue weighted by atomic mass is 10.2. The van der Waals surface area contributed by atoms with Gasteiger partial charge in [0.1, 0.15) is 5.00 Å². The van der Waals surface area contributed by atoms with Crippen LogP contribution in [0.4, 0.5) is 5.00 Å². The van der Waals surface area contributed by atoms with E-state index in [4.69, 9.17) is 22.1 Å². The van der Waals surface area contributed by atoms with Crippen molar-refractivity contribution >= 4 is 55.7 Å². The molecule has 0 aliphatic heterocycles. The molecule has 0 radical (unpaired) electrons. The van der Waals surface area contributed by atoms with Crippen LogP contribution in [0.15, 0.2) is 34.5 Å². The van der Waals surface area contributed by atoms with Gasteiger partial charge in [0.25, 0.3) is 11.8 Å². The minimum absolute atomic E-state index is 0.0228. The van der Waals surface area contributed by atoms with Crippen LogP contribution in [0.1, 0.15) is 41.5 Å². The normalized spacial score (nSPS) is 12.4. The van der Waals surface area contributed by atoms with Crippen LogP contribution in [0, 0.1) is 0 Å². The number of benzene rings is 1. The van der Waals surface area contributed by atoms with Crippen LogP contribution in [0.25, 0.3) is 0 Å². The van der Waals surface area contributed by atoms with Crippen molar-refractivity contribution in [3.05, 3.63) is 45.8 Å². The second-order valence-electron chi connectivity index (χ2n) is 6.30. The number of esters is 1. The Hall–Kier alpha value is -2.47. The van der Waals surface area contributed by atoms with Crippen molar-refractivity contribution in [3.8, 4) is 0 Å². The van der Waals surface area contributed by atoms with E-state index in [2.05, 4.69) is 5.32 Å². The molecule has 1 atom stereocenters. The molecule has 0 saturated heterocycles. The van der Waals surface area contributed by atoms with Gasteiger partial charge in [-0.2, -0.15) is 4.31 Å². The number of anilines is 1. The van der Waals surface area contributed by atoms with Gasteiger partial charge in [0.2, 0.25) is 10.0 Å². The first-order valence-corrected chi connectivity index (χ1v) is 11.9. The summed E-state index contributed by atoms with van der Waals surface area (Å²) >= 11 is 7.15. The van der Waals surface area contributed by atoms with Crippen LogP contribution in [0.2, 0.25) is 5.02 Å². The van der Waals surface area contributed by atoms with Crippen LogP contribution in [-0.2, 0) is 19.6 Å². The fraction of sp³-hybridized carbons (Fsp3) is 0.316. The van der Waals surface area contributed by atoms with Gasteiger partial charge >= 0.3 is 5.97 Å². The van der Waals surface area contributed by atoms with Crippen LogP contribution in [0.3, 0.4) is 0 Å². The molecule has 2 rings (SSSR count). The number of rotatable bonds is 9. The molecule has 3 N–H and O–H groups in total. The summed E-state index contributed by atoms with van der Waals surface area (Å²) in [5, 5.41) is 4.26. The first kappa shape index (κ1) is 24.8. The number of amides is 2. The zero-order chi connectivity index (χ0) is 23.3. The molecule has 0 spiro atoms. The number of nitrogens with two attached hydrogens (primary N) is 1. The van der Waals surface area contributed by atoms with Gasteiger partial charge in [-0.05, 0) is 36.6 Å². The third kappa shape index (κ3) is 5.62. The Kier molecular flexibility index (Phi) is 8.18. The van der Waals surface area contributed by atoms with Crippen molar-refractivity contribution in [2.45, 2.75) is 31.8 Å². The number of hydrogen-bond donors (Lipinski definition) is 2. The van der Waals surface area contributed by atoms with Crippen molar-refractivity contribution in [1.82, 2.24) is 4.31 Å². The molecule has 2 amide bonds. The van der Waals surface area contributed by atoms with E-state index in [-0.39, 0.29) is 39.1 Å². The quantitative estimate of drug-likeness (QED) is 0.522. The number of primary amides is 1. The number of hydrogen-bond acceptors (Lipinski definition) is 7. The minimum atomic E-state index is -3.82. The maximum Gasteiger partial charge on any atom is 0.340 e. The van der Waals surface area contributed by atoms with Gasteiger partial charge in [-0.1, -0.05) is 25.4 Å². The molecule has 168 valence electrons. The Morgan fingerprint density at radius 3 is 2.42 bits per heavy atom. The molecule has 1 aromatic carbocycles. The van der Waals surface area contributed by atoms with Crippen LogP contribution >= 0.6 is 22.9 Å². The van der Waals surface area contributed by atoms with Gasteiger partial charge in [0, 0.05) is 13.1 Å². The van der Waals surface area contributed by atoms with Crippen molar-refractivity contribution in [3.63, 3.8) is 0 Å². The number of sulfonamides is 1. The summed E-state index contributed by atoms with van der Waals surface area (Å²) in [6.07, 6.45) is -1.26. The van der Waals surface area contributed by atoms with Gasteiger partial charge < -0.3 is 15.8 Å². The maximum atomic E-state index is 12.7. The van der Waals surface area contributed by atoms with E-state index in [0.717, 1.165) is 17.4 Å². The molecular formula is C19H22ClN3O6S2. The van der Waals surface area contributed by atoms with E-state index < -0.39 is 33.9 Å². The predicted octanol–water partition coefficient (Wildman–Crippen LogP) is 2.71.